The maximum absolute atomic E-state index is 11.9. The lowest BCUT2D eigenvalue weighted by molar-refractivity contribution is 0.0472. The van der Waals surface area contributed by atoms with Crippen LogP contribution in [0.3, 0.4) is 0 Å². The molecule has 0 aliphatic rings. The van der Waals surface area contributed by atoms with E-state index >= 15 is 0 Å². The highest BCUT2D eigenvalue weighted by molar-refractivity contribution is 6.31. The molecule has 0 aliphatic heterocycles. The SMILES string of the molecule is NCc1cc(C(=O)OCc2ccccc2Cl)ccn1. The summed E-state index contributed by atoms with van der Waals surface area (Å²) in [6, 6.07) is 10.4. The van der Waals surface area contributed by atoms with E-state index in [4.69, 9.17) is 22.1 Å². The highest BCUT2D eigenvalue weighted by Crippen LogP contribution is 2.16. The van der Waals surface area contributed by atoms with Gasteiger partial charge in [0.25, 0.3) is 0 Å². The number of halogens is 1. The number of esters is 1. The second-order valence-electron chi connectivity index (χ2n) is 3.91. The minimum Gasteiger partial charge on any atom is -0.457 e. The fourth-order valence-corrected chi connectivity index (χ4v) is 1.75. The number of nitrogens with zero attached hydrogens (tertiary/aromatic N) is 1. The molecule has 0 radical (unpaired) electrons. The number of benzene rings is 1. The van der Waals surface area contributed by atoms with E-state index in [1.807, 2.05) is 18.2 Å². The first-order valence-electron chi connectivity index (χ1n) is 5.76. The molecule has 0 saturated carbocycles. The first-order valence-corrected chi connectivity index (χ1v) is 6.14. The van der Waals surface area contributed by atoms with Crippen LogP contribution in [0.25, 0.3) is 0 Å². The Bertz CT molecular complexity index is 587. The standard InChI is InChI=1S/C14H13ClN2O2/c15-13-4-2-1-3-11(13)9-19-14(18)10-5-6-17-12(7-10)8-16/h1-7H,8-9,16H2. The van der Waals surface area contributed by atoms with E-state index in [0.29, 0.717) is 16.3 Å². The van der Waals surface area contributed by atoms with Crippen molar-refractivity contribution in [2.45, 2.75) is 13.2 Å². The second kappa shape index (κ2) is 6.31. The maximum atomic E-state index is 11.9. The van der Waals surface area contributed by atoms with Gasteiger partial charge in [-0.15, -0.1) is 0 Å². The Balaban J connectivity index is 2.03. The fourth-order valence-electron chi connectivity index (χ4n) is 1.56. The average Bonchev–Trinajstić information content (AvgIpc) is 2.46. The van der Waals surface area contributed by atoms with Gasteiger partial charge in [0, 0.05) is 23.3 Å². The number of ether oxygens (including phenoxy) is 1. The minimum absolute atomic E-state index is 0.138. The number of nitrogens with two attached hydrogens (primary N) is 1. The molecule has 0 unspecified atom stereocenters. The van der Waals surface area contributed by atoms with Crippen molar-refractivity contribution in [3.05, 3.63) is 64.4 Å². The normalized spacial score (nSPS) is 10.2. The molecule has 0 spiro atoms. The Morgan fingerprint density at radius 3 is 2.84 bits per heavy atom. The Hall–Kier alpha value is -1.91. The number of aromatic nitrogens is 1. The molecule has 0 bridgehead atoms. The highest BCUT2D eigenvalue weighted by atomic mass is 35.5. The minimum atomic E-state index is -0.419. The largest absolute Gasteiger partial charge is 0.457 e. The molecular weight excluding hydrogens is 264 g/mol. The first kappa shape index (κ1) is 13.5. The summed E-state index contributed by atoms with van der Waals surface area (Å²) in [7, 11) is 0. The van der Waals surface area contributed by atoms with Crippen molar-refractivity contribution in [2.24, 2.45) is 5.73 Å². The summed E-state index contributed by atoms with van der Waals surface area (Å²) in [6.45, 7) is 0.421. The molecule has 2 N–H and O–H groups in total. The number of rotatable bonds is 4. The van der Waals surface area contributed by atoms with Gasteiger partial charge < -0.3 is 10.5 Å². The van der Waals surface area contributed by atoms with Crippen molar-refractivity contribution < 1.29 is 9.53 Å². The molecule has 2 aromatic rings. The van der Waals surface area contributed by atoms with Crippen LogP contribution in [0.2, 0.25) is 5.02 Å². The van der Waals surface area contributed by atoms with Crippen molar-refractivity contribution in [1.82, 2.24) is 4.98 Å². The number of carbonyl (C=O) groups excluding carboxylic acids is 1. The van der Waals surface area contributed by atoms with Crippen LogP contribution in [0.5, 0.6) is 0 Å². The van der Waals surface area contributed by atoms with Crippen molar-refractivity contribution in [2.75, 3.05) is 0 Å². The zero-order valence-corrected chi connectivity index (χ0v) is 10.9. The first-order chi connectivity index (χ1) is 9.20. The van der Waals surface area contributed by atoms with E-state index in [9.17, 15) is 4.79 Å². The number of hydrogen-bond acceptors (Lipinski definition) is 4. The molecule has 4 nitrogen and oxygen atoms in total. The van der Waals surface area contributed by atoms with Gasteiger partial charge in [-0.25, -0.2) is 4.79 Å². The smallest absolute Gasteiger partial charge is 0.338 e. The third kappa shape index (κ3) is 3.53. The predicted octanol–water partition coefficient (Wildman–Crippen LogP) is 2.55. The van der Waals surface area contributed by atoms with Gasteiger partial charge in [0.2, 0.25) is 0 Å². The van der Waals surface area contributed by atoms with E-state index in [-0.39, 0.29) is 13.2 Å². The number of pyridine rings is 1. The van der Waals surface area contributed by atoms with E-state index in [1.165, 1.54) is 6.20 Å². The average molecular weight is 277 g/mol. The summed E-state index contributed by atoms with van der Waals surface area (Å²) in [5.41, 5.74) is 7.32. The zero-order valence-electron chi connectivity index (χ0n) is 10.2. The molecule has 98 valence electrons. The van der Waals surface area contributed by atoms with Gasteiger partial charge in [-0.2, -0.15) is 0 Å². The van der Waals surface area contributed by atoms with E-state index in [2.05, 4.69) is 4.98 Å². The molecule has 0 saturated heterocycles. The van der Waals surface area contributed by atoms with Gasteiger partial charge >= 0.3 is 5.97 Å². The van der Waals surface area contributed by atoms with Gasteiger partial charge in [0.05, 0.1) is 11.3 Å². The van der Waals surface area contributed by atoms with Gasteiger partial charge in [-0.1, -0.05) is 29.8 Å². The highest BCUT2D eigenvalue weighted by Gasteiger charge is 2.09. The van der Waals surface area contributed by atoms with Crippen LogP contribution in [0, 0.1) is 0 Å². The summed E-state index contributed by atoms with van der Waals surface area (Å²) in [5, 5.41) is 0.577. The second-order valence-corrected chi connectivity index (χ2v) is 4.31. The molecule has 1 heterocycles. The molecule has 0 amide bonds. The fraction of sp³-hybridized carbons (Fsp3) is 0.143. The molecule has 2 rings (SSSR count). The number of hydrogen-bond donors (Lipinski definition) is 1. The number of carbonyl (C=O) groups is 1. The van der Waals surface area contributed by atoms with Gasteiger partial charge in [0.15, 0.2) is 0 Å². The topological polar surface area (TPSA) is 65.2 Å². The van der Waals surface area contributed by atoms with Gasteiger partial charge in [0.1, 0.15) is 6.61 Å². The lowest BCUT2D eigenvalue weighted by Gasteiger charge is -2.07. The van der Waals surface area contributed by atoms with Crippen LogP contribution < -0.4 is 5.73 Å². The lowest BCUT2D eigenvalue weighted by atomic mass is 10.2. The van der Waals surface area contributed by atoms with Crippen LogP contribution in [0.1, 0.15) is 21.6 Å². The summed E-state index contributed by atoms with van der Waals surface area (Å²) >= 11 is 5.98. The summed E-state index contributed by atoms with van der Waals surface area (Å²) in [4.78, 5) is 15.9. The Morgan fingerprint density at radius 2 is 2.11 bits per heavy atom. The van der Waals surface area contributed by atoms with Gasteiger partial charge in [-0.3, -0.25) is 4.98 Å². The Labute approximate surface area is 116 Å². The lowest BCUT2D eigenvalue weighted by Crippen LogP contribution is -2.08. The third-order valence-electron chi connectivity index (χ3n) is 2.58. The maximum Gasteiger partial charge on any atom is 0.338 e. The molecule has 19 heavy (non-hydrogen) atoms. The molecule has 0 fully saturated rings. The summed E-state index contributed by atoms with van der Waals surface area (Å²) < 4.78 is 5.20. The summed E-state index contributed by atoms with van der Waals surface area (Å²) in [5.74, 6) is -0.419. The summed E-state index contributed by atoms with van der Waals surface area (Å²) in [6.07, 6.45) is 1.54. The predicted molar refractivity (Wildman–Crippen MR) is 72.7 cm³/mol. The molecule has 5 heteroatoms. The van der Waals surface area contributed by atoms with Crippen LogP contribution in [-0.4, -0.2) is 11.0 Å². The van der Waals surface area contributed by atoms with Crippen molar-refractivity contribution >= 4 is 17.6 Å². The van der Waals surface area contributed by atoms with Crippen LogP contribution in [0.4, 0.5) is 0 Å². The molecule has 1 aromatic carbocycles. The van der Waals surface area contributed by atoms with Crippen LogP contribution >= 0.6 is 11.6 Å². The van der Waals surface area contributed by atoms with E-state index in [1.54, 1.807) is 18.2 Å². The van der Waals surface area contributed by atoms with E-state index in [0.717, 1.165) is 5.56 Å². The molecule has 0 aliphatic carbocycles. The third-order valence-corrected chi connectivity index (χ3v) is 2.95. The quantitative estimate of drug-likeness (QED) is 0.872. The van der Waals surface area contributed by atoms with Crippen molar-refractivity contribution in [3.63, 3.8) is 0 Å². The van der Waals surface area contributed by atoms with Crippen molar-refractivity contribution in [3.8, 4) is 0 Å². The monoisotopic (exact) mass is 276 g/mol. The molecule has 0 atom stereocenters. The van der Waals surface area contributed by atoms with Crippen LogP contribution in [-0.2, 0) is 17.9 Å². The van der Waals surface area contributed by atoms with Crippen molar-refractivity contribution in [1.29, 1.82) is 0 Å². The Morgan fingerprint density at radius 1 is 1.32 bits per heavy atom. The molecular formula is C14H13ClN2O2. The molecule has 1 aromatic heterocycles. The van der Waals surface area contributed by atoms with E-state index < -0.39 is 5.97 Å². The Kier molecular flexibility index (Phi) is 4.49. The zero-order chi connectivity index (χ0) is 13.7. The van der Waals surface area contributed by atoms with Crippen LogP contribution in [0.15, 0.2) is 42.6 Å². The van der Waals surface area contributed by atoms with Gasteiger partial charge in [-0.05, 0) is 18.2 Å².